The second-order valence-electron chi connectivity index (χ2n) is 8.45. The summed E-state index contributed by atoms with van der Waals surface area (Å²) < 4.78 is 23.3. The Morgan fingerprint density at radius 3 is 2.26 bits per heavy atom. The monoisotopic (exact) mass is 539 g/mol. The lowest BCUT2D eigenvalue weighted by Crippen LogP contribution is -2.28. The molecule has 12 heteroatoms. The van der Waals surface area contributed by atoms with Crippen molar-refractivity contribution in [2.75, 3.05) is 0 Å². The van der Waals surface area contributed by atoms with Crippen molar-refractivity contribution in [3.63, 3.8) is 0 Å². The van der Waals surface area contributed by atoms with Crippen LogP contribution < -0.4 is 4.74 Å². The summed E-state index contributed by atoms with van der Waals surface area (Å²) in [5.74, 6) is -4.79. The van der Waals surface area contributed by atoms with Crippen LogP contribution in [0.2, 0.25) is 0 Å². The number of fused-ring (bicyclic) bond motifs is 1. The van der Waals surface area contributed by atoms with Crippen molar-refractivity contribution < 1.29 is 60.6 Å². The number of carboxylic acids is 1. The highest BCUT2D eigenvalue weighted by atomic mass is 16.6. The van der Waals surface area contributed by atoms with Gasteiger partial charge in [-0.05, 0) is 47.5 Å². The second-order valence-corrected chi connectivity index (χ2v) is 8.45. The smallest absolute Gasteiger partial charge is 0.345 e. The molecule has 1 aliphatic rings. The van der Waals surface area contributed by atoms with Gasteiger partial charge in [0.2, 0.25) is 6.10 Å². The molecular weight excluding hydrogens is 516 g/mol. The van der Waals surface area contributed by atoms with E-state index in [-0.39, 0.29) is 40.2 Å². The second kappa shape index (κ2) is 10.9. The Morgan fingerprint density at radius 1 is 0.949 bits per heavy atom. The summed E-state index contributed by atoms with van der Waals surface area (Å²) in [6.45, 7) is 0. The third-order valence-electron chi connectivity index (χ3n) is 5.91. The van der Waals surface area contributed by atoms with Gasteiger partial charge in [-0.3, -0.25) is 4.79 Å². The Bertz CT molecular complexity index is 1520. The SMILES string of the molecule is [2H]C(=O)O[C@H]1c2c(/C=C/C(=O)O[C@H](Cc3ccc(O)c(O)c3)C(=O)O)ccc(O)c2O[C@@H]1c1ccc(O)c(O)c1. The topological polar surface area (TPSA) is 200 Å². The molecule has 3 aromatic rings. The molecule has 0 fully saturated rings. The number of phenols is 5. The minimum Gasteiger partial charge on any atom is -0.504 e. The number of aliphatic carboxylic acids is 1. The molecule has 0 amide bonds. The van der Waals surface area contributed by atoms with E-state index in [4.69, 9.17) is 15.6 Å². The van der Waals surface area contributed by atoms with E-state index in [0.29, 0.717) is 0 Å². The maximum Gasteiger partial charge on any atom is 0.345 e. The van der Waals surface area contributed by atoms with Gasteiger partial charge in [0.15, 0.2) is 48.1 Å². The molecule has 202 valence electrons. The van der Waals surface area contributed by atoms with Gasteiger partial charge in [-0.25, -0.2) is 9.59 Å². The van der Waals surface area contributed by atoms with Gasteiger partial charge in [-0.15, -0.1) is 0 Å². The van der Waals surface area contributed by atoms with Crippen LogP contribution in [-0.2, 0) is 30.3 Å². The quantitative estimate of drug-likeness (QED) is 0.106. The highest BCUT2D eigenvalue weighted by Crippen LogP contribution is 2.52. The molecule has 0 aromatic heterocycles. The van der Waals surface area contributed by atoms with Crippen LogP contribution in [0.25, 0.3) is 6.08 Å². The fraction of sp³-hybridized carbons (Fsp3) is 0.148. The minimum atomic E-state index is -1.64. The molecule has 3 aromatic carbocycles. The van der Waals surface area contributed by atoms with Crippen LogP contribution in [-0.4, -0.2) is 55.1 Å². The first-order chi connectivity index (χ1) is 18.9. The van der Waals surface area contributed by atoms with Gasteiger partial charge in [-0.1, -0.05) is 18.2 Å². The molecule has 1 aliphatic heterocycles. The van der Waals surface area contributed by atoms with Gasteiger partial charge in [0.05, 0.1) is 0 Å². The molecule has 0 saturated heterocycles. The van der Waals surface area contributed by atoms with Crippen molar-refractivity contribution in [3.05, 3.63) is 76.9 Å². The number of aromatic hydroxyl groups is 5. The predicted molar refractivity (Wildman–Crippen MR) is 131 cm³/mol. The van der Waals surface area contributed by atoms with Crippen LogP contribution in [0.3, 0.4) is 0 Å². The number of esters is 1. The van der Waals surface area contributed by atoms with Crippen molar-refractivity contribution in [1.29, 1.82) is 0 Å². The molecule has 0 saturated carbocycles. The lowest BCUT2D eigenvalue weighted by molar-refractivity contribution is -0.160. The third kappa shape index (κ3) is 5.64. The number of phenolic OH excluding ortho intramolecular Hbond substituents is 5. The molecule has 0 radical (unpaired) electrons. The Kier molecular flexibility index (Phi) is 7.08. The van der Waals surface area contributed by atoms with Gasteiger partial charge in [0.25, 0.3) is 6.45 Å². The van der Waals surface area contributed by atoms with Crippen LogP contribution in [0.1, 0.15) is 35.8 Å². The molecule has 0 bridgehead atoms. The van der Waals surface area contributed by atoms with Gasteiger partial charge in [0.1, 0.15) is 0 Å². The number of ether oxygens (including phenoxy) is 3. The molecule has 1 heterocycles. The molecule has 0 unspecified atom stereocenters. The fourth-order valence-corrected chi connectivity index (χ4v) is 4.07. The average molecular weight is 539 g/mol. The molecular formula is C27H22O12. The lowest BCUT2D eigenvalue weighted by atomic mass is 9.95. The maximum absolute atomic E-state index is 12.5. The van der Waals surface area contributed by atoms with E-state index in [2.05, 4.69) is 0 Å². The van der Waals surface area contributed by atoms with Crippen molar-refractivity contribution in [2.45, 2.75) is 24.7 Å². The zero-order valence-corrected chi connectivity index (χ0v) is 19.8. The summed E-state index contributed by atoms with van der Waals surface area (Å²) in [5.41, 5.74) is 0.781. The van der Waals surface area contributed by atoms with Gasteiger partial charge < -0.3 is 44.8 Å². The highest BCUT2D eigenvalue weighted by molar-refractivity contribution is 5.89. The Hall–Kier alpha value is -5.39. The molecule has 39 heavy (non-hydrogen) atoms. The Labute approximate surface area is 221 Å². The molecule has 0 spiro atoms. The van der Waals surface area contributed by atoms with Gasteiger partial charge >= 0.3 is 11.9 Å². The third-order valence-corrected chi connectivity index (χ3v) is 5.91. The minimum absolute atomic E-state index is 0.0802. The summed E-state index contributed by atoms with van der Waals surface area (Å²) in [4.78, 5) is 35.8. The molecule has 3 atom stereocenters. The summed E-state index contributed by atoms with van der Waals surface area (Å²) in [6, 6.07) is 9.94. The van der Waals surface area contributed by atoms with Crippen LogP contribution in [0, 0.1) is 0 Å². The predicted octanol–water partition coefficient (Wildman–Crippen LogP) is 2.81. The average Bonchev–Trinajstić information content (AvgIpc) is 3.26. The normalized spacial score (nSPS) is 17.1. The standard InChI is InChI=1S/C27H22O12/c28-12-37-26-23-14(2-7-18(31)25(23)39-24(26)15-3-6-17(30)20(33)11-15)4-8-22(34)38-21(27(35)36)10-13-1-5-16(29)19(32)9-13/h1-9,11-12,21,24,26,29-33H,10H2,(H,35,36)/b8-4+/t21-,24-,26+/m1/s1/i12D. The number of rotatable bonds is 8. The van der Waals surface area contributed by atoms with Crippen LogP contribution >= 0.6 is 0 Å². The van der Waals surface area contributed by atoms with E-state index < -0.39 is 59.7 Å². The Morgan fingerprint density at radius 2 is 1.62 bits per heavy atom. The molecule has 6 N–H and O–H groups in total. The molecule has 0 aliphatic carbocycles. The summed E-state index contributed by atoms with van der Waals surface area (Å²) in [6.07, 6.45) is -3.75. The summed E-state index contributed by atoms with van der Waals surface area (Å²) in [5, 5.41) is 58.4. The lowest BCUT2D eigenvalue weighted by Gasteiger charge is -2.18. The molecule has 12 nitrogen and oxygen atoms in total. The highest BCUT2D eigenvalue weighted by Gasteiger charge is 2.41. The van der Waals surface area contributed by atoms with Gasteiger partial charge in [0, 0.05) is 23.6 Å². The first kappa shape index (κ1) is 25.3. The van der Waals surface area contributed by atoms with Crippen LogP contribution in [0.15, 0.2) is 54.6 Å². The van der Waals surface area contributed by atoms with E-state index in [9.17, 15) is 45.0 Å². The number of hydrogen-bond acceptors (Lipinski definition) is 11. The van der Waals surface area contributed by atoms with Crippen LogP contribution in [0.4, 0.5) is 0 Å². The Balaban J connectivity index is 1.60. The number of carboxylic acid groups (broad SMARTS) is 1. The van der Waals surface area contributed by atoms with E-state index in [1.165, 1.54) is 36.4 Å². The number of carbonyl (C=O) groups is 3. The summed E-state index contributed by atoms with van der Waals surface area (Å²) >= 11 is 0. The maximum atomic E-state index is 12.5. The van der Waals surface area contributed by atoms with E-state index in [1.807, 2.05) is 0 Å². The van der Waals surface area contributed by atoms with E-state index >= 15 is 0 Å². The van der Waals surface area contributed by atoms with Crippen molar-refractivity contribution in [2.24, 2.45) is 0 Å². The van der Waals surface area contributed by atoms with E-state index in [0.717, 1.165) is 24.3 Å². The number of hydrogen-bond donors (Lipinski definition) is 6. The van der Waals surface area contributed by atoms with Gasteiger partial charge in [-0.2, -0.15) is 0 Å². The number of carbonyl (C=O) groups excluding carboxylic acids is 2. The van der Waals surface area contributed by atoms with E-state index in [1.54, 1.807) is 0 Å². The number of benzene rings is 3. The zero-order valence-electron chi connectivity index (χ0n) is 20.8. The first-order valence-electron chi connectivity index (χ1n) is 11.8. The largest absolute Gasteiger partial charge is 0.504 e. The molecule has 4 rings (SSSR count). The zero-order chi connectivity index (χ0) is 29.1. The van der Waals surface area contributed by atoms with Crippen molar-refractivity contribution in [1.82, 2.24) is 0 Å². The summed E-state index contributed by atoms with van der Waals surface area (Å²) in [7, 11) is 0. The van der Waals surface area contributed by atoms with Crippen LogP contribution in [0.5, 0.6) is 34.5 Å². The van der Waals surface area contributed by atoms with Crippen molar-refractivity contribution in [3.8, 4) is 34.5 Å². The first-order valence-corrected chi connectivity index (χ1v) is 11.3. The van der Waals surface area contributed by atoms with Crippen molar-refractivity contribution >= 4 is 24.5 Å². The fourth-order valence-electron chi connectivity index (χ4n) is 4.07.